The summed E-state index contributed by atoms with van der Waals surface area (Å²) < 4.78 is 5.32. The maximum atomic E-state index is 12.9. The zero-order valence-electron chi connectivity index (χ0n) is 16.0. The number of ketones is 1. The molecule has 6 heteroatoms. The van der Waals surface area contributed by atoms with Crippen molar-refractivity contribution in [1.82, 2.24) is 10.3 Å². The Morgan fingerprint density at radius 1 is 0.964 bits per heavy atom. The number of fused-ring (bicyclic) bond motifs is 1. The van der Waals surface area contributed by atoms with Gasteiger partial charge in [0.1, 0.15) is 6.04 Å². The minimum Gasteiger partial charge on any atom is -0.453 e. The van der Waals surface area contributed by atoms with Crippen LogP contribution in [0.2, 0.25) is 0 Å². The summed E-state index contributed by atoms with van der Waals surface area (Å²) in [5.41, 5.74) is 2.53. The van der Waals surface area contributed by atoms with Gasteiger partial charge in [0.05, 0.1) is 0 Å². The van der Waals surface area contributed by atoms with Crippen molar-refractivity contribution in [2.24, 2.45) is 0 Å². The van der Waals surface area contributed by atoms with Crippen molar-refractivity contribution < 1.29 is 19.1 Å². The van der Waals surface area contributed by atoms with Gasteiger partial charge in [-0.2, -0.15) is 0 Å². The summed E-state index contributed by atoms with van der Waals surface area (Å²) in [4.78, 5) is 40.5. The molecule has 0 saturated heterocycles. The lowest BCUT2D eigenvalue weighted by atomic mass is 10.0. The number of esters is 1. The van der Waals surface area contributed by atoms with Crippen molar-refractivity contribution in [3.05, 3.63) is 71.4 Å². The van der Waals surface area contributed by atoms with Crippen LogP contribution in [0.3, 0.4) is 0 Å². The number of para-hydroxylation sites is 1. The van der Waals surface area contributed by atoms with Crippen molar-refractivity contribution >= 4 is 28.6 Å². The van der Waals surface area contributed by atoms with Crippen LogP contribution in [0.15, 0.2) is 54.6 Å². The average molecular weight is 378 g/mol. The van der Waals surface area contributed by atoms with Gasteiger partial charge in [0.2, 0.25) is 5.78 Å². The fraction of sp³-hybridized carbons (Fsp3) is 0.227. The number of Topliss-reactive ketones (excluding diaryl/α,β-unsaturated/α-hetero) is 1. The Morgan fingerprint density at radius 2 is 1.61 bits per heavy atom. The second kappa shape index (κ2) is 8.08. The summed E-state index contributed by atoms with van der Waals surface area (Å²) in [6.45, 7) is 4.87. The molecule has 1 aromatic heterocycles. The quantitative estimate of drug-likeness (QED) is 0.508. The molecule has 144 valence electrons. The van der Waals surface area contributed by atoms with E-state index in [9.17, 15) is 14.4 Å². The molecule has 28 heavy (non-hydrogen) atoms. The Balaban J connectivity index is 1.67. The number of hydrogen-bond donors (Lipinski definition) is 2. The van der Waals surface area contributed by atoms with E-state index in [0.29, 0.717) is 11.1 Å². The summed E-state index contributed by atoms with van der Waals surface area (Å²) >= 11 is 0. The van der Waals surface area contributed by atoms with Crippen molar-refractivity contribution in [2.75, 3.05) is 0 Å². The van der Waals surface area contributed by atoms with E-state index in [4.69, 9.17) is 4.74 Å². The number of hydrogen-bond acceptors (Lipinski definition) is 4. The monoisotopic (exact) mass is 378 g/mol. The normalized spacial score (nSPS) is 13.0. The minimum atomic E-state index is -0.971. The molecule has 3 rings (SSSR count). The number of aromatic nitrogens is 1. The van der Waals surface area contributed by atoms with Crippen molar-refractivity contribution in [3.63, 3.8) is 0 Å². The molecule has 0 bridgehead atoms. The highest BCUT2D eigenvalue weighted by molar-refractivity contribution is 6.11. The molecule has 3 aromatic rings. The highest BCUT2D eigenvalue weighted by Gasteiger charge is 2.27. The molecule has 0 aliphatic heterocycles. The van der Waals surface area contributed by atoms with Gasteiger partial charge < -0.3 is 15.0 Å². The number of H-pyrrole nitrogens is 1. The number of nitrogens with one attached hydrogen (secondary N) is 2. The maximum absolute atomic E-state index is 12.9. The highest BCUT2D eigenvalue weighted by atomic mass is 16.5. The number of rotatable bonds is 6. The predicted octanol–water partition coefficient (Wildman–Crippen LogP) is 3.41. The molecule has 1 amide bonds. The van der Waals surface area contributed by atoms with E-state index in [1.165, 1.54) is 13.8 Å². The van der Waals surface area contributed by atoms with Gasteiger partial charge in [-0.15, -0.1) is 0 Å². The lowest BCUT2D eigenvalue weighted by Crippen LogP contribution is -2.41. The van der Waals surface area contributed by atoms with Crippen LogP contribution in [0.4, 0.5) is 0 Å². The summed E-state index contributed by atoms with van der Waals surface area (Å²) in [5, 5.41) is 3.38. The van der Waals surface area contributed by atoms with Gasteiger partial charge >= 0.3 is 5.97 Å². The fourth-order valence-corrected chi connectivity index (χ4v) is 3.06. The summed E-state index contributed by atoms with van der Waals surface area (Å²) in [6.07, 6.45) is -0.971. The first kappa shape index (κ1) is 19.4. The average Bonchev–Trinajstić information content (AvgIpc) is 3.03. The van der Waals surface area contributed by atoms with Crippen LogP contribution in [0, 0.1) is 6.92 Å². The third-order valence-corrected chi connectivity index (χ3v) is 4.54. The fourth-order valence-electron chi connectivity index (χ4n) is 3.06. The molecule has 1 unspecified atom stereocenters. The Hall–Kier alpha value is -3.41. The third-order valence-electron chi connectivity index (χ3n) is 4.54. The standard InChI is InChI=1S/C22H22N2O4/c1-13-19(17-11-7-8-12-18(17)23-13)20(25)15(3)28-22(27)14(2)24-21(26)16-9-5-4-6-10-16/h4-12,14-15,23H,1-3H3,(H,24,26)/t14-,15?/m0/s1. The number of ether oxygens (including phenoxy) is 1. The molecular formula is C22H22N2O4. The van der Waals surface area contributed by atoms with E-state index in [0.717, 1.165) is 16.6 Å². The molecular weight excluding hydrogens is 356 g/mol. The second-order valence-electron chi connectivity index (χ2n) is 6.68. The van der Waals surface area contributed by atoms with Crippen molar-refractivity contribution in [2.45, 2.75) is 32.9 Å². The van der Waals surface area contributed by atoms with Crippen LogP contribution in [0.5, 0.6) is 0 Å². The van der Waals surface area contributed by atoms with Crippen LogP contribution in [0.25, 0.3) is 10.9 Å². The molecule has 6 nitrogen and oxygen atoms in total. The van der Waals surface area contributed by atoms with Gasteiger partial charge in [-0.3, -0.25) is 9.59 Å². The summed E-state index contributed by atoms with van der Waals surface area (Å²) in [7, 11) is 0. The van der Waals surface area contributed by atoms with Crippen molar-refractivity contribution in [1.29, 1.82) is 0 Å². The number of benzene rings is 2. The van der Waals surface area contributed by atoms with Crippen LogP contribution in [0.1, 0.15) is 40.3 Å². The van der Waals surface area contributed by atoms with Crippen LogP contribution in [-0.2, 0) is 9.53 Å². The van der Waals surface area contributed by atoms with Gasteiger partial charge in [0.25, 0.3) is 5.91 Å². The molecule has 0 aliphatic carbocycles. The first-order chi connectivity index (χ1) is 13.4. The maximum Gasteiger partial charge on any atom is 0.329 e. The lowest BCUT2D eigenvalue weighted by Gasteiger charge is -2.17. The summed E-state index contributed by atoms with van der Waals surface area (Å²) in [6, 6.07) is 15.2. The molecule has 0 aliphatic rings. The number of carbonyl (C=O) groups is 3. The molecule has 0 radical (unpaired) electrons. The molecule has 0 saturated carbocycles. The number of carbonyl (C=O) groups excluding carboxylic acids is 3. The molecule has 0 fully saturated rings. The van der Waals surface area contributed by atoms with Crippen LogP contribution >= 0.6 is 0 Å². The zero-order valence-corrected chi connectivity index (χ0v) is 16.0. The second-order valence-corrected chi connectivity index (χ2v) is 6.68. The minimum absolute atomic E-state index is 0.287. The Kier molecular flexibility index (Phi) is 5.59. The Bertz CT molecular complexity index is 1020. The molecule has 2 aromatic carbocycles. The first-order valence-electron chi connectivity index (χ1n) is 9.06. The largest absolute Gasteiger partial charge is 0.453 e. The summed E-state index contributed by atoms with van der Waals surface area (Å²) in [5.74, 6) is -1.33. The topological polar surface area (TPSA) is 88.3 Å². The third kappa shape index (κ3) is 3.96. The molecule has 2 N–H and O–H groups in total. The van der Waals surface area contributed by atoms with E-state index in [1.807, 2.05) is 31.2 Å². The van der Waals surface area contributed by atoms with E-state index in [-0.39, 0.29) is 11.7 Å². The van der Waals surface area contributed by atoms with E-state index in [1.54, 1.807) is 30.3 Å². The predicted molar refractivity (Wildman–Crippen MR) is 106 cm³/mol. The van der Waals surface area contributed by atoms with Crippen molar-refractivity contribution in [3.8, 4) is 0 Å². The smallest absolute Gasteiger partial charge is 0.329 e. The Labute approximate surface area is 162 Å². The van der Waals surface area contributed by atoms with Crippen LogP contribution < -0.4 is 5.32 Å². The first-order valence-corrected chi connectivity index (χ1v) is 9.06. The zero-order chi connectivity index (χ0) is 20.3. The van der Waals surface area contributed by atoms with Crippen LogP contribution in [-0.4, -0.2) is 34.8 Å². The SMILES string of the molecule is Cc1[nH]c2ccccc2c1C(=O)C(C)OC(=O)[C@H](C)NC(=O)c1ccccc1. The van der Waals surface area contributed by atoms with Gasteiger partial charge in [0.15, 0.2) is 6.10 Å². The van der Waals surface area contributed by atoms with E-state index < -0.39 is 18.1 Å². The number of amides is 1. The van der Waals surface area contributed by atoms with E-state index >= 15 is 0 Å². The van der Waals surface area contributed by atoms with Gasteiger partial charge in [0, 0.05) is 27.7 Å². The van der Waals surface area contributed by atoms with Gasteiger partial charge in [-0.1, -0.05) is 36.4 Å². The number of aryl methyl sites for hydroxylation is 1. The Morgan fingerprint density at radius 3 is 2.32 bits per heavy atom. The highest BCUT2D eigenvalue weighted by Crippen LogP contribution is 2.23. The molecule has 1 heterocycles. The molecule has 2 atom stereocenters. The molecule has 0 spiro atoms. The lowest BCUT2D eigenvalue weighted by molar-refractivity contribution is -0.148. The van der Waals surface area contributed by atoms with Gasteiger partial charge in [-0.05, 0) is 39.0 Å². The van der Waals surface area contributed by atoms with E-state index in [2.05, 4.69) is 10.3 Å². The van der Waals surface area contributed by atoms with Gasteiger partial charge in [-0.25, -0.2) is 4.79 Å². The number of aromatic amines is 1.